The summed E-state index contributed by atoms with van der Waals surface area (Å²) in [6.45, 7) is 4.42. The summed E-state index contributed by atoms with van der Waals surface area (Å²) in [6.07, 6.45) is 0. The average molecular weight is 445 g/mol. The van der Waals surface area contributed by atoms with Gasteiger partial charge in [-0.05, 0) is 25.5 Å². The summed E-state index contributed by atoms with van der Waals surface area (Å²) in [7, 11) is 1.29. The quantitative estimate of drug-likeness (QED) is 0.438. The second-order valence-electron chi connectivity index (χ2n) is 6.06. The molecule has 0 radical (unpaired) electrons. The van der Waals surface area contributed by atoms with Crippen LogP contribution in [-0.4, -0.2) is 56.4 Å². The fraction of sp³-hybridized carbons (Fsp3) is 0.400. The molecule has 0 amide bonds. The number of methoxy groups -OCH3 is 1. The third kappa shape index (κ3) is 6.04. The standard InChI is InChI=1S/C20H25ClN2O5.2H2O/c1-4-28-20(25)18-15(11-27-10-9-22)23-12(2)16(19(24)26-3)17(18)13-7-5-6-8-14(13)21;;/h5-8,17,23H,4,9-11,22H2,1-3H3;2*1H2. The van der Waals surface area contributed by atoms with Gasteiger partial charge in [0, 0.05) is 17.3 Å². The van der Waals surface area contributed by atoms with Crippen molar-refractivity contribution in [3.63, 3.8) is 0 Å². The van der Waals surface area contributed by atoms with Gasteiger partial charge in [0.1, 0.15) is 0 Å². The molecule has 1 atom stereocenters. The average Bonchev–Trinajstić information content (AvgIpc) is 2.67. The number of carbonyl (C=O) groups is 2. The summed E-state index contributed by atoms with van der Waals surface area (Å²) in [5, 5.41) is 3.52. The number of dihydropyridines is 1. The minimum absolute atomic E-state index is 0. The molecule has 1 aromatic rings. The molecule has 168 valence electrons. The Morgan fingerprint density at radius 2 is 1.83 bits per heavy atom. The van der Waals surface area contributed by atoms with Crippen LogP contribution >= 0.6 is 11.6 Å². The van der Waals surface area contributed by atoms with Crippen molar-refractivity contribution in [2.45, 2.75) is 19.8 Å². The van der Waals surface area contributed by atoms with Crippen LogP contribution in [0.4, 0.5) is 0 Å². The van der Waals surface area contributed by atoms with Gasteiger partial charge in [0.25, 0.3) is 0 Å². The second kappa shape index (κ2) is 13.0. The van der Waals surface area contributed by atoms with Gasteiger partial charge < -0.3 is 36.2 Å². The SMILES string of the molecule is CCOC(=O)C1=C(COCCN)NC(C)=C(C(=O)OC)C1c1ccccc1Cl.O.O. The molecule has 0 fully saturated rings. The van der Waals surface area contributed by atoms with Crippen LogP contribution in [0.2, 0.25) is 5.02 Å². The van der Waals surface area contributed by atoms with E-state index in [1.807, 2.05) is 0 Å². The molecule has 2 rings (SSSR count). The number of benzene rings is 1. The van der Waals surface area contributed by atoms with E-state index in [0.717, 1.165) is 0 Å². The number of rotatable bonds is 8. The summed E-state index contributed by atoms with van der Waals surface area (Å²) in [6, 6.07) is 7.05. The third-order valence-electron chi connectivity index (χ3n) is 4.27. The number of esters is 2. The summed E-state index contributed by atoms with van der Waals surface area (Å²) in [4.78, 5) is 25.5. The van der Waals surface area contributed by atoms with Crippen molar-refractivity contribution in [3.8, 4) is 0 Å². The molecule has 0 aromatic heterocycles. The number of ether oxygens (including phenoxy) is 3. The van der Waals surface area contributed by atoms with Crippen LogP contribution in [-0.2, 0) is 23.8 Å². The lowest BCUT2D eigenvalue weighted by molar-refractivity contribution is -0.139. The molecule has 10 heteroatoms. The van der Waals surface area contributed by atoms with E-state index in [9.17, 15) is 9.59 Å². The van der Waals surface area contributed by atoms with E-state index < -0.39 is 17.9 Å². The monoisotopic (exact) mass is 444 g/mol. The van der Waals surface area contributed by atoms with Crippen molar-refractivity contribution in [1.82, 2.24) is 5.32 Å². The summed E-state index contributed by atoms with van der Waals surface area (Å²) in [5.74, 6) is -1.86. The van der Waals surface area contributed by atoms with E-state index in [4.69, 9.17) is 31.5 Å². The lowest BCUT2D eigenvalue weighted by Gasteiger charge is -2.31. The second-order valence-corrected chi connectivity index (χ2v) is 6.47. The van der Waals surface area contributed by atoms with Crippen molar-refractivity contribution >= 4 is 23.5 Å². The predicted molar refractivity (Wildman–Crippen MR) is 113 cm³/mol. The number of nitrogens with one attached hydrogen (secondary N) is 1. The Bertz CT molecular complexity index is 808. The number of carbonyl (C=O) groups excluding carboxylic acids is 2. The molecule has 1 unspecified atom stereocenters. The fourth-order valence-corrected chi connectivity index (χ4v) is 3.36. The first-order chi connectivity index (χ1) is 13.5. The van der Waals surface area contributed by atoms with Crippen molar-refractivity contribution in [3.05, 3.63) is 57.4 Å². The lowest BCUT2D eigenvalue weighted by atomic mass is 9.80. The Labute approximate surface area is 180 Å². The van der Waals surface area contributed by atoms with Gasteiger partial charge in [-0.1, -0.05) is 29.8 Å². The molecule has 1 aliphatic rings. The number of nitrogens with two attached hydrogens (primary N) is 1. The first-order valence-electron chi connectivity index (χ1n) is 8.94. The van der Waals surface area contributed by atoms with Gasteiger partial charge in [-0.25, -0.2) is 9.59 Å². The van der Waals surface area contributed by atoms with E-state index in [2.05, 4.69) is 5.32 Å². The van der Waals surface area contributed by atoms with E-state index in [0.29, 0.717) is 40.7 Å². The van der Waals surface area contributed by atoms with Crippen molar-refractivity contribution in [2.24, 2.45) is 5.73 Å². The van der Waals surface area contributed by atoms with Gasteiger partial charge in [0.05, 0.1) is 49.7 Å². The number of hydrogen-bond acceptors (Lipinski definition) is 7. The van der Waals surface area contributed by atoms with Crippen LogP contribution in [0, 0.1) is 0 Å². The van der Waals surface area contributed by atoms with Gasteiger partial charge in [0.2, 0.25) is 0 Å². The van der Waals surface area contributed by atoms with E-state index >= 15 is 0 Å². The molecular weight excluding hydrogens is 416 g/mol. The first-order valence-corrected chi connectivity index (χ1v) is 9.32. The van der Waals surface area contributed by atoms with Crippen molar-refractivity contribution in [2.75, 3.05) is 33.5 Å². The molecular formula is C20H29ClN2O7. The normalized spacial score (nSPS) is 15.6. The molecule has 9 nitrogen and oxygen atoms in total. The van der Waals surface area contributed by atoms with E-state index in [-0.39, 0.29) is 29.7 Å². The molecule has 1 heterocycles. The van der Waals surface area contributed by atoms with Crippen LogP contribution in [0.15, 0.2) is 46.8 Å². The minimum Gasteiger partial charge on any atom is -0.466 e. The van der Waals surface area contributed by atoms with E-state index in [1.54, 1.807) is 38.1 Å². The Morgan fingerprint density at radius 3 is 2.40 bits per heavy atom. The van der Waals surface area contributed by atoms with Crippen molar-refractivity contribution < 1.29 is 34.8 Å². The number of allylic oxidation sites excluding steroid dienone is 1. The first kappa shape index (κ1) is 27.6. The highest BCUT2D eigenvalue weighted by molar-refractivity contribution is 6.31. The molecule has 1 aromatic carbocycles. The Kier molecular flexibility index (Phi) is 11.9. The Morgan fingerprint density at radius 1 is 1.17 bits per heavy atom. The molecule has 30 heavy (non-hydrogen) atoms. The van der Waals surface area contributed by atoms with Crippen LogP contribution in [0.1, 0.15) is 25.3 Å². The van der Waals surface area contributed by atoms with Gasteiger partial charge in [-0.3, -0.25) is 0 Å². The summed E-state index contributed by atoms with van der Waals surface area (Å²) >= 11 is 6.42. The highest BCUT2D eigenvalue weighted by Crippen LogP contribution is 2.41. The maximum atomic E-state index is 12.9. The third-order valence-corrected chi connectivity index (χ3v) is 4.61. The molecule has 7 N–H and O–H groups in total. The topological polar surface area (TPSA) is 163 Å². The van der Waals surface area contributed by atoms with Crippen LogP contribution in [0.3, 0.4) is 0 Å². The molecule has 0 saturated heterocycles. The number of hydrogen-bond donors (Lipinski definition) is 2. The zero-order valence-corrected chi connectivity index (χ0v) is 18.0. The minimum atomic E-state index is -0.752. The molecule has 0 saturated carbocycles. The molecule has 0 spiro atoms. The van der Waals surface area contributed by atoms with Crippen LogP contribution in [0.5, 0.6) is 0 Å². The highest BCUT2D eigenvalue weighted by Gasteiger charge is 2.39. The van der Waals surface area contributed by atoms with Gasteiger partial charge in [0.15, 0.2) is 0 Å². The zero-order chi connectivity index (χ0) is 20.7. The van der Waals surface area contributed by atoms with Crippen LogP contribution < -0.4 is 11.1 Å². The maximum absolute atomic E-state index is 12.9. The predicted octanol–water partition coefficient (Wildman–Crippen LogP) is 0.617. The van der Waals surface area contributed by atoms with Crippen LogP contribution in [0.25, 0.3) is 0 Å². The number of halogens is 1. The van der Waals surface area contributed by atoms with Crippen molar-refractivity contribution in [1.29, 1.82) is 0 Å². The largest absolute Gasteiger partial charge is 0.466 e. The smallest absolute Gasteiger partial charge is 0.336 e. The maximum Gasteiger partial charge on any atom is 0.336 e. The molecule has 0 aliphatic carbocycles. The summed E-state index contributed by atoms with van der Waals surface area (Å²) in [5.41, 5.74) is 7.70. The highest BCUT2D eigenvalue weighted by atomic mass is 35.5. The summed E-state index contributed by atoms with van der Waals surface area (Å²) < 4.78 is 15.8. The molecule has 1 aliphatic heterocycles. The van der Waals surface area contributed by atoms with Gasteiger partial charge in [-0.15, -0.1) is 0 Å². The zero-order valence-electron chi connectivity index (χ0n) is 17.2. The van der Waals surface area contributed by atoms with E-state index in [1.165, 1.54) is 7.11 Å². The Hall–Kier alpha value is -2.43. The van der Waals surface area contributed by atoms with Gasteiger partial charge >= 0.3 is 11.9 Å². The van der Waals surface area contributed by atoms with Gasteiger partial charge in [-0.2, -0.15) is 0 Å². The lowest BCUT2D eigenvalue weighted by Crippen LogP contribution is -2.35. The fourth-order valence-electron chi connectivity index (χ4n) is 3.12. The molecule has 0 bridgehead atoms. The Balaban J connectivity index is 0.00000420.